The Hall–Kier alpha value is -6.39. The van der Waals surface area contributed by atoms with Gasteiger partial charge >= 0.3 is 41.9 Å². The van der Waals surface area contributed by atoms with Gasteiger partial charge in [0, 0.05) is 78.3 Å². The summed E-state index contributed by atoms with van der Waals surface area (Å²) in [5.41, 5.74) is 0. The smallest absolute Gasteiger partial charge is 0.326 e. The second kappa shape index (κ2) is 33.2. The highest BCUT2D eigenvalue weighted by Crippen LogP contribution is 2.05. The molecule has 368 valence electrons. The van der Waals surface area contributed by atoms with Crippen molar-refractivity contribution < 1.29 is 87.7 Å². The van der Waals surface area contributed by atoms with Crippen LogP contribution >= 0.6 is 0 Å². The van der Waals surface area contributed by atoms with Gasteiger partial charge in [0.1, 0.15) is 18.8 Å². The predicted octanol–water partition coefficient (Wildman–Crippen LogP) is -4.05. The van der Waals surface area contributed by atoms with Crippen LogP contribution in [0.15, 0.2) is 0 Å². The summed E-state index contributed by atoms with van der Waals surface area (Å²) in [7, 11) is 0. The Kier molecular flexibility index (Phi) is 28.9. The molecule has 0 aromatic carbocycles. The molecule has 0 aromatic rings. The molecule has 0 bridgehead atoms. The molecule has 65 heavy (non-hydrogen) atoms. The molecule has 0 aromatic heterocycles. The topological polar surface area (TPSA) is 393 Å². The summed E-state index contributed by atoms with van der Waals surface area (Å²) in [4.78, 5) is 135. The number of nitrogens with zero attached hydrogens (tertiary/aromatic N) is 4. The van der Waals surface area contributed by atoms with Crippen molar-refractivity contribution in [2.45, 2.75) is 69.7 Å². The molecule has 1 heterocycles. The van der Waals surface area contributed by atoms with E-state index in [1.165, 1.54) is 0 Å². The van der Waals surface area contributed by atoms with Crippen LogP contribution < -0.4 is 31.9 Å². The van der Waals surface area contributed by atoms with E-state index in [0.29, 0.717) is 25.8 Å². The fraction of sp³-hybridized carbons (Fsp3) is 0.703. The molecule has 6 amide bonds. The number of ether oxygens (including phenoxy) is 2. The zero-order chi connectivity index (χ0) is 48.6. The highest BCUT2D eigenvalue weighted by atomic mass is 16.5. The highest BCUT2D eigenvalue weighted by molar-refractivity contribution is 5.88. The van der Waals surface area contributed by atoms with E-state index in [2.05, 4.69) is 31.9 Å². The molecule has 0 spiro atoms. The van der Waals surface area contributed by atoms with Crippen molar-refractivity contribution in [2.75, 3.05) is 98.4 Å². The Bertz CT molecular complexity index is 1580. The Morgan fingerprint density at radius 3 is 1.48 bits per heavy atom. The van der Waals surface area contributed by atoms with Crippen LogP contribution in [-0.4, -0.2) is 228 Å². The van der Waals surface area contributed by atoms with E-state index in [0.717, 1.165) is 0 Å². The number of carboxylic acid groups (broad SMARTS) is 5. The van der Waals surface area contributed by atoms with E-state index < -0.39 is 85.0 Å². The lowest BCUT2D eigenvalue weighted by Crippen LogP contribution is -2.50. The second-order valence-corrected chi connectivity index (χ2v) is 14.7. The summed E-state index contributed by atoms with van der Waals surface area (Å²) in [6, 6.07) is -4.30. The number of hydrogen-bond acceptors (Lipinski definition) is 17. The number of hydrogen-bond donors (Lipinski definition) is 11. The zero-order valence-electron chi connectivity index (χ0n) is 36.0. The van der Waals surface area contributed by atoms with Crippen LogP contribution in [0.4, 0.5) is 9.59 Å². The van der Waals surface area contributed by atoms with Gasteiger partial charge in [-0.3, -0.25) is 53.2 Å². The van der Waals surface area contributed by atoms with Crippen molar-refractivity contribution in [2.24, 2.45) is 0 Å². The first-order valence-corrected chi connectivity index (χ1v) is 20.7. The van der Waals surface area contributed by atoms with Crippen molar-refractivity contribution in [1.82, 2.24) is 51.5 Å². The third-order valence-corrected chi connectivity index (χ3v) is 9.57. The number of nitrogens with one attached hydrogen (secondary N) is 6. The van der Waals surface area contributed by atoms with Gasteiger partial charge in [-0.05, 0) is 38.5 Å². The summed E-state index contributed by atoms with van der Waals surface area (Å²) >= 11 is 0. The lowest BCUT2D eigenvalue weighted by atomic mass is 10.1. The van der Waals surface area contributed by atoms with Crippen molar-refractivity contribution >= 4 is 66.7 Å². The molecule has 1 rings (SSSR count). The van der Waals surface area contributed by atoms with Gasteiger partial charge in [0.25, 0.3) is 12.9 Å². The second-order valence-electron chi connectivity index (χ2n) is 14.7. The summed E-state index contributed by atoms with van der Waals surface area (Å²) in [6.07, 6.45) is -0.529. The van der Waals surface area contributed by atoms with Gasteiger partial charge in [-0.1, -0.05) is 0 Å². The third kappa shape index (κ3) is 28.8. The predicted molar refractivity (Wildman–Crippen MR) is 221 cm³/mol. The molecule has 1 aliphatic heterocycles. The standard InChI is InChI=1S/C37H62N10O18/c48-24-64-23-47-17-15-44(11-12-45(21-32(54)55)13-14-46(16-18-47)22-33(56)57)20-29(51)40-19-28(50)41-26(34(58)59)5-1-3-9-38-36(62)39-10-4-2-6-30(65-25-49)43-37(63)42-27(35(60)61)7-8-31(52)53/h24-27,30H,1-23H2,(H,40,51)(H,41,50)(H,52,53)(H,54,55)(H,56,57)(H,58,59)(H,60,61)(H2,38,39,62)(H2,42,43,63)/t26?,27-,30+/m0/s1. The van der Waals surface area contributed by atoms with Gasteiger partial charge in [0.15, 0.2) is 6.23 Å². The van der Waals surface area contributed by atoms with Crippen molar-refractivity contribution in [3.63, 3.8) is 0 Å². The van der Waals surface area contributed by atoms with E-state index >= 15 is 0 Å². The van der Waals surface area contributed by atoms with Gasteiger partial charge in [0.2, 0.25) is 11.8 Å². The number of unbranched alkanes of at least 4 members (excludes halogenated alkanes) is 2. The molecule has 1 aliphatic rings. The maximum atomic E-state index is 12.9. The van der Waals surface area contributed by atoms with Crippen LogP contribution in [0.3, 0.4) is 0 Å². The lowest BCUT2D eigenvalue weighted by Gasteiger charge is -2.32. The van der Waals surface area contributed by atoms with Crippen LogP contribution in [0.1, 0.15) is 51.4 Å². The Labute approximate surface area is 373 Å². The molecule has 0 radical (unpaired) electrons. The van der Waals surface area contributed by atoms with Gasteiger partial charge < -0.3 is 66.9 Å². The number of urea groups is 2. The fourth-order valence-corrected chi connectivity index (χ4v) is 6.15. The minimum absolute atomic E-state index is 0.00665. The molecule has 1 unspecified atom stereocenters. The quantitative estimate of drug-likeness (QED) is 0.0179. The maximum Gasteiger partial charge on any atom is 0.326 e. The summed E-state index contributed by atoms with van der Waals surface area (Å²) in [6.45, 7) is 1.26. The van der Waals surface area contributed by atoms with Crippen molar-refractivity contribution in [3.05, 3.63) is 0 Å². The highest BCUT2D eigenvalue weighted by Gasteiger charge is 2.24. The molecule has 0 saturated carbocycles. The third-order valence-electron chi connectivity index (χ3n) is 9.57. The number of carbonyl (C=O) groups excluding carboxylic acids is 6. The van der Waals surface area contributed by atoms with Crippen LogP contribution in [0.25, 0.3) is 0 Å². The Morgan fingerprint density at radius 1 is 0.508 bits per heavy atom. The van der Waals surface area contributed by atoms with Crippen molar-refractivity contribution in [3.8, 4) is 0 Å². The normalized spacial score (nSPS) is 15.8. The monoisotopic (exact) mass is 934 g/mol. The van der Waals surface area contributed by atoms with Crippen LogP contribution in [0.5, 0.6) is 0 Å². The number of amides is 6. The number of aliphatic carboxylic acids is 5. The summed E-state index contributed by atoms with van der Waals surface area (Å²) in [5.74, 6) is -7.50. The first kappa shape index (κ1) is 56.6. The molecular formula is C37H62N10O18. The molecule has 0 aliphatic carbocycles. The van der Waals surface area contributed by atoms with Gasteiger partial charge in [-0.15, -0.1) is 0 Å². The number of carbonyl (C=O) groups is 11. The van der Waals surface area contributed by atoms with Crippen LogP contribution in [0.2, 0.25) is 0 Å². The average molecular weight is 935 g/mol. The molecule has 1 fully saturated rings. The molecule has 1 saturated heterocycles. The minimum atomic E-state index is -1.49. The van der Waals surface area contributed by atoms with E-state index in [-0.39, 0.29) is 124 Å². The first-order valence-electron chi connectivity index (χ1n) is 20.7. The van der Waals surface area contributed by atoms with E-state index in [1.54, 1.807) is 19.6 Å². The van der Waals surface area contributed by atoms with Crippen molar-refractivity contribution in [1.29, 1.82) is 0 Å². The average Bonchev–Trinajstić information content (AvgIpc) is 3.22. The largest absolute Gasteiger partial charge is 0.481 e. The Balaban J connectivity index is 2.51. The van der Waals surface area contributed by atoms with Gasteiger partial charge in [-0.25, -0.2) is 19.2 Å². The maximum absolute atomic E-state index is 12.9. The lowest BCUT2D eigenvalue weighted by molar-refractivity contribution is -0.142. The molecule has 3 atom stereocenters. The van der Waals surface area contributed by atoms with Gasteiger partial charge in [-0.2, -0.15) is 0 Å². The van der Waals surface area contributed by atoms with Gasteiger partial charge in [0.05, 0.1) is 26.2 Å². The van der Waals surface area contributed by atoms with Crippen LogP contribution in [0, 0.1) is 0 Å². The molecule has 11 N–H and O–H groups in total. The van der Waals surface area contributed by atoms with E-state index in [1.807, 2.05) is 0 Å². The number of carboxylic acids is 5. The molecule has 28 nitrogen and oxygen atoms in total. The molecule has 28 heteroatoms. The number of rotatable bonds is 31. The Morgan fingerprint density at radius 2 is 1.00 bits per heavy atom. The van der Waals surface area contributed by atoms with Crippen LogP contribution in [-0.2, 0) is 52.6 Å². The minimum Gasteiger partial charge on any atom is -0.481 e. The van der Waals surface area contributed by atoms with E-state index in [9.17, 15) is 73.2 Å². The molecular weight excluding hydrogens is 872 g/mol. The summed E-state index contributed by atoms with van der Waals surface area (Å²) < 4.78 is 9.70. The first-order chi connectivity index (χ1) is 30.9. The fourth-order valence-electron chi connectivity index (χ4n) is 6.15. The van der Waals surface area contributed by atoms with E-state index in [4.69, 9.17) is 14.6 Å². The zero-order valence-corrected chi connectivity index (χ0v) is 36.0. The SMILES string of the molecule is O=COCN1CCN(CC(=O)O)CCN(CC(=O)O)CCN(CC(=O)NCC(=O)NC(CCCCNC(=O)NCCCC[C@H](NC(=O)N[C@@H](CCC(=O)O)C(=O)O)OC=O)C(=O)O)CC1. The summed E-state index contributed by atoms with van der Waals surface area (Å²) in [5, 5.41) is 60.7.